The van der Waals surface area contributed by atoms with Crippen LogP contribution in [-0.2, 0) is 12.7 Å². The van der Waals surface area contributed by atoms with Gasteiger partial charge in [-0.15, -0.1) is 0 Å². The van der Waals surface area contributed by atoms with E-state index in [0.29, 0.717) is 5.96 Å². The Morgan fingerprint density at radius 3 is 2.41 bits per heavy atom. The highest BCUT2D eigenvalue weighted by Crippen LogP contribution is 2.33. The maximum Gasteiger partial charge on any atom is 0.416 e. The maximum atomic E-state index is 13.2. The van der Waals surface area contributed by atoms with Crippen LogP contribution in [0.1, 0.15) is 29.2 Å². The van der Waals surface area contributed by atoms with E-state index in [1.54, 1.807) is 6.07 Å². The van der Waals surface area contributed by atoms with Crippen LogP contribution in [0.25, 0.3) is 0 Å². The Balaban J connectivity index is 1.58. The van der Waals surface area contributed by atoms with E-state index in [2.05, 4.69) is 39.9 Å². The Labute approximate surface area is 168 Å². The van der Waals surface area contributed by atoms with Crippen LogP contribution in [0.4, 0.5) is 13.2 Å². The summed E-state index contributed by atoms with van der Waals surface area (Å²) < 4.78 is 39.7. The molecule has 150 valence electrons. The first kappa shape index (κ1) is 19.3. The minimum absolute atomic E-state index is 0.00559. The third-order valence-corrected chi connectivity index (χ3v) is 5.32. The molecule has 4 rings (SSSR count). The van der Waals surface area contributed by atoms with Gasteiger partial charge in [0.1, 0.15) is 0 Å². The second-order valence-electron chi connectivity index (χ2n) is 7.24. The van der Waals surface area contributed by atoms with Gasteiger partial charge in [-0.05, 0) is 23.6 Å². The van der Waals surface area contributed by atoms with Crippen LogP contribution >= 0.6 is 0 Å². The summed E-state index contributed by atoms with van der Waals surface area (Å²) in [4.78, 5) is 4.44. The Morgan fingerprint density at radius 1 is 0.931 bits per heavy atom. The molecule has 0 radical (unpaired) electrons. The van der Waals surface area contributed by atoms with Crippen LogP contribution in [0.5, 0.6) is 0 Å². The third kappa shape index (κ3) is 4.36. The summed E-state index contributed by atoms with van der Waals surface area (Å²) in [6, 6.07) is 15.7. The first-order chi connectivity index (χ1) is 14.0. The van der Waals surface area contributed by atoms with Crippen molar-refractivity contribution in [1.29, 1.82) is 0 Å². The number of nitrogens with zero attached hydrogens (tertiary/aromatic N) is 1. The van der Waals surface area contributed by atoms with Crippen molar-refractivity contribution in [3.8, 4) is 0 Å². The number of benzene rings is 2. The molecule has 0 aromatic heterocycles. The smallest absolute Gasteiger partial charge is 0.351 e. The predicted octanol–water partition coefficient (Wildman–Crippen LogP) is 5.00. The van der Waals surface area contributed by atoms with Crippen molar-refractivity contribution in [2.45, 2.75) is 31.2 Å². The quantitative estimate of drug-likeness (QED) is 0.762. The molecular formula is C23H22F3N3. The number of rotatable bonds is 4. The third-order valence-electron chi connectivity index (χ3n) is 5.32. The van der Waals surface area contributed by atoms with Gasteiger partial charge in [0.2, 0.25) is 0 Å². The molecule has 1 saturated heterocycles. The van der Waals surface area contributed by atoms with Crippen molar-refractivity contribution in [3.63, 3.8) is 0 Å². The SMILES string of the molecule is FC(F)(F)c1ccccc1CN=C1NC(c2ccccc2)[C@@H](C2C=CC=CC2)N1. The Bertz CT molecular complexity index is 932. The number of aliphatic imine (C=N–C) groups is 1. The fraction of sp³-hybridized carbons (Fsp3) is 0.261. The molecule has 2 aromatic rings. The average molecular weight is 397 g/mol. The molecule has 1 aliphatic carbocycles. The lowest BCUT2D eigenvalue weighted by Gasteiger charge is -2.26. The van der Waals surface area contributed by atoms with E-state index in [1.807, 2.05) is 30.4 Å². The lowest BCUT2D eigenvalue weighted by molar-refractivity contribution is -0.138. The van der Waals surface area contributed by atoms with Gasteiger partial charge in [-0.1, -0.05) is 72.8 Å². The van der Waals surface area contributed by atoms with Crippen LogP contribution in [0.3, 0.4) is 0 Å². The number of hydrogen-bond acceptors (Lipinski definition) is 1. The van der Waals surface area contributed by atoms with Crippen LogP contribution in [0.15, 0.2) is 83.9 Å². The highest BCUT2D eigenvalue weighted by atomic mass is 19.4. The van der Waals surface area contributed by atoms with Crippen molar-refractivity contribution in [3.05, 3.63) is 95.6 Å². The van der Waals surface area contributed by atoms with E-state index >= 15 is 0 Å². The molecule has 1 fully saturated rings. The number of alkyl halides is 3. The highest BCUT2D eigenvalue weighted by Gasteiger charge is 2.36. The zero-order valence-electron chi connectivity index (χ0n) is 15.7. The lowest BCUT2D eigenvalue weighted by Crippen LogP contribution is -2.35. The molecule has 2 aliphatic rings. The Kier molecular flexibility index (Phi) is 5.43. The Morgan fingerprint density at radius 2 is 1.69 bits per heavy atom. The molecule has 2 aromatic carbocycles. The molecule has 1 aliphatic heterocycles. The summed E-state index contributed by atoms with van der Waals surface area (Å²) in [5.41, 5.74) is 0.643. The van der Waals surface area contributed by atoms with Gasteiger partial charge in [0.25, 0.3) is 0 Å². The summed E-state index contributed by atoms with van der Waals surface area (Å²) in [5.74, 6) is 0.802. The second kappa shape index (κ2) is 8.15. The summed E-state index contributed by atoms with van der Waals surface area (Å²) in [6.07, 6.45) is 4.87. The van der Waals surface area contributed by atoms with Gasteiger partial charge in [0.05, 0.1) is 24.2 Å². The average Bonchev–Trinajstić information content (AvgIpc) is 3.17. The maximum absolute atomic E-state index is 13.2. The van der Waals surface area contributed by atoms with Gasteiger partial charge < -0.3 is 10.6 Å². The standard InChI is InChI=1S/C23H22F3N3/c24-23(25,26)19-14-8-7-13-18(19)15-27-22-28-20(16-9-3-1-4-10-16)21(29-22)17-11-5-2-6-12-17/h1-11,13-14,17,20-21H,12,15H2,(H2,27,28,29)/t17?,20?,21-/m1/s1. The zero-order chi connectivity index (χ0) is 20.3. The molecule has 1 heterocycles. The largest absolute Gasteiger partial charge is 0.416 e. The van der Waals surface area contributed by atoms with Crippen LogP contribution < -0.4 is 10.6 Å². The molecule has 2 N–H and O–H groups in total. The number of halogens is 3. The van der Waals surface area contributed by atoms with Gasteiger partial charge in [-0.3, -0.25) is 0 Å². The van der Waals surface area contributed by atoms with Crippen molar-refractivity contribution < 1.29 is 13.2 Å². The predicted molar refractivity (Wildman–Crippen MR) is 108 cm³/mol. The van der Waals surface area contributed by atoms with Gasteiger partial charge in [-0.25, -0.2) is 4.99 Å². The van der Waals surface area contributed by atoms with E-state index < -0.39 is 11.7 Å². The van der Waals surface area contributed by atoms with E-state index in [0.717, 1.165) is 18.1 Å². The van der Waals surface area contributed by atoms with E-state index in [4.69, 9.17) is 0 Å². The highest BCUT2D eigenvalue weighted by molar-refractivity contribution is 5.83. The van der Waals surface area contributed by atoms with Crippen LogP contribution in [0.2, 0.25) is 0 Å². The molecule has 29 heavy (non-hydrogen) atoms. The fourth-order valence-corrected chi connectivity index (χ4v) is 3.88. The summed E-state index contributed by atoms with van der Waals surface area (Å²) in [6.45, 7) is -0.0420. The first-order valence-corrected chi connectivity index (χ1v) is 9.63. The summed E-state index contributed by atoms with van der Waals surface area (Å²) >= 11 is 0. The number of guanidine groups is 1. The monoisotopic (exact) mass is 397 g/mol. The summed E-state index contributed by atoms with van der Waals surface area (Å²) in [7, 11) is 0. The first-order valence-electron chi connectivity index (χ1n) is 9.63. The summed E-state index contributed by atoms with van der Waals surface area (Å²) in [5, 5.41) is 6.79. The van der Waals surface area contributed by atoms with Gasteiger partial charge >= 0.3 is 6.18 Å². The molecule has 0 bridgehead atoms. The molecule has 0 spiro atoms. The van der Waals surface area contributed by atoms with E-state index in [1.165, 1.54) is 12.1 Å². The molecule has 0 saturated carbocycles. The van der Waals surface area contributed by atoms with Crippen molar-refractivity contribution >= 4 is 5.96 Å². The van der Waals surface area contributed by atoms with Gasteiger partial charge in [0, 0.05) is 5.92 Å². The number of allylic oxidation sites excluding steroid dienone is 3. The number of nitrogens with one attached hydrogen (secondary N) is 2. The van der Waals surface area contributed by atoms with Gasteiger partial charge in [0.15, 0.2) is 5.96 Å². The van der Waals surface area contributed by atoms with Crippen LogP contribution in [-0.4, -0.2) is 12.0 Å². The molecule has 3 nitrogen and oxygen atoms in total. The van der Waals surface area contributed by atoms with Crippen molar-refractivity contribution in [2.75, 3.05) is 0 Å². The van der Waals surface area contributed by atoms with Crippen molar-refractivity contribution in [2.24, 2.45) is 10.9 Å². The van der Waals surface area contributed by atoms with E-state index in [9.17, 15) is 13.2 Å². The molecule has 2 unspecified atom stereocenters. The second-order valence-corrected chi connectivity index (χ2v) is 7.24. The Hall–Kier alpha value is -3.02. The number of hydrogen-bond donors (Lipinski definition) is 2. The lowest BCUT2D eigenvalue weighted by atomic mass is 9.86. The van der Waals surface area contributed by atoms with E-state index in [-0.39, 0.29) is 30.1 Å². The minimum atomic E-state index is -4.39. The van der Waals surface area contributed by atoms with Crippen LogP contribution in [0, 0.1) is 5.92 Å². The fourth-order valence-electron chi connectivity index (χ4n) is 3.88. The van der Waals surface area contributed by atoms with Crippen molar-refractivity contribution in [1.82, 2.24) is 10.6 Å². The minimum Gasteiger partial charge on any atom is -0.351 e. The molecule has 0 amide bonds. The van der Waals surface area contributed by atoms with Gasteiger partial charge in [-0.2, -0.15) is 13.2 Å². The molecule has 6 heteroatoms. The molecule has 3 atom stereocenters. The molecular weight excluding hydrogens is 375 g/mol. The normalized spacial score (nSPS) is 25.1. The topological polar surface area (TPSA) is 36.4 Å². The zero-order valence-corrected chi connectivity index (χ0v) is 15.7.